The van der Waals surface area contributed by atoms with Crippen molar-refractivity contribution in [2.45, 2.75) is 24.3 Å². The number of amides is 1. The summed E-state index contributed by atoms with van der Waals surface area (Å²) in [5, 5.41) is 2.78. The van der Waals surface area contributed by atoms with E-state index in [0.717, 1.165) is 34.7 Å². The third-order valence-corrected chi connectivity index (χ3v) is 6.35. The molecule has 0 fully saturated rings. The maximum Gasteiger partial charge on any atom is 0.416 e. The number of nitrogens with two attached hydrogens (primary N) is 1. The zero-order valence-electron chi connectivity index (χ0n) is 16.6. The average molecular weight is 454 g/mol. The number of anilines is 1. The number of aromatic amines is 1. The second-order valence-electron chi connectivity index (χ2n) is 7.80. The lowest BCUT2D eigenvalue weighted by atomic mass is 9.92. The molecule has 3 aromatic rings. The van der Waals surface area contributed by atoms with Crippen LogP contribution in [0.2, 0.25) is 5.02 Å². The first kappa shape index (κ1) is 20.0. The molecule has 0 radical (unpaired) electrons. The van der Waals surface area contributed by atoms with Gasteiger partial charge in [0.15, 0.2) is 0 Å². The Hall–Kier alpha value is -2.89. The van der Waals surface area contributed by atoms with Gasteiger partial charge in [-0.25, -0.2) is 4.79 Å². The lowest BCUT2D eigenvalue weighted by Gasteiger charge is -2.35. The van der Waals surface area contributed by atoms with Crippen LogP contribution in [0.4, 0.5) is 10.5 Å². The number of rotatable bonds is 2. The molecule has 1 aromatic heterocycles. The number of aromatic nitrogens is 1. The minimum absolute atomic E-state index is 0.0183. The molecule has 2 unspecified atom stereocenters. The van der Waals surface area contributed by atoms with E-state index in [9.17, 15) is 4.79 Å². The van der Waals surface area contributed by atoms with Gasteiger partial charge < -0.3 is 15.5 Å². The Bertz CT molecular complexity index is 1250. The number of halogens is 2. The van der Waals surface area contributed by atoms with Crippen LogP contribution in [0, 0.1) is 0 Å². The highest BCUT2D eigenvalue weighted by molar-refractivity contribution is 6.30. The number of carbonyl (C=O) groups excluding carboxylic acids is 1. The fourth-order valence-corrected chi connectivity index (χ4v) is 4.67. The topological polar surface area (TPSA) is 71.4 Å². The summed E-state index contributed by atoms with van der Waals surface area (Å²) in [4.78, 5) is 18.5. The van der Waals surface area contributed by atoms with Crippen LogP contribution in [0.5, 0.6) is 5.75 Å². The number of fused-ring (bicyclic) bond motifs is 3. The van der Waals surface area contributed by atoms with Gasteiger partial charge in [-0.05, 0) is 60.4 Å². The van der Waals surface area contributed by atoms with Crippen LogP contribution in [0.25, 0.3) is 12.2 Å². The molecule has 7 heteroatoms. The van der Waals surface area contributed by atoms with Crippen molar-refractivity contribution in [3.05, 3.63) is 80.9 Å². The molecule has 158 valence electrons. The fourth-order valence-electron chi connectivity index (χ4n) is 4.33. The molecule has 5 nitrogen and oxygen atoms in total. The fraction of sp³-hybridized carbons (Fsp3) is 0.208. The van der Waals surface area contributed by atoms with Gasteiger partial charge in [0, 0.05) is 33.5 Å². The van der Waals surface area contributed by atoms with Crippen molar-refractivity contribution >= 4 is 47.1 Å². The van der Waals surface area contributed by atoms with Gasteiger partial charge in [0.05, 0.1) is 5.38 Å². The number of nitrogens with one attached hydrogen (secondary N) is 1. The maximum atomic E-state index is 13.2. The molecule has 2 heterocycles. The Morgan fingerprint density at radius 1 is 1.13 bits per heavy atom. The minimum Gasteiger partial charge on any atom is -0.410 e. The first-order valence-corrected chi connectivity index (χ1v) is 11.0. The SMILES string of the molecule is Nc1ccc(C2c3[nH]c4c(c3CCN2C(=O)Oc2ccc(Cl)cc2)=CC(Cl)CC=4)cc1. The summed E-state index contributed by atoms with van der Waals surface area (Å²) >= 11 is 12.3. The molecule has 5 rings (SSSR count). The van der Waals surface area contributed by atoms with Gasteiger partial charge in [-0.15, -0.1) is 11.6 Å². The predicted molar refractivity (Wildman–Crippen MR) is 124 cm³/mol. The molecule has 0 spiro atoms. The van der Waals surface area contributed by atoms with E-state index in [0.29, 0.717) is 23.0 Å². The molecule has 2 aliphatic rings. The van der Waals surface area contributed by atoms with Crippen molar-refractivity contribution in [3.63, 3.8) is 0 Å². The van der Waals surface area contributed by atoms with E-state index < -0.39 is 6.09 Å². The van der Waals surface area contributed by atoms with Crippen LogP contribution in [0.3, 0.4) is 0 Å². The summed E-state index contributed by atoms with van der Waals surface area (Å²) in [5.41, 5.74) is 9.74. The zero-order chi connectivity index (χ0) is 21.5. The van der Waals surface area contributed by atoms with Gasteiger partial charge in [-0.1, -0.05) is 35.9 Å². The van der Waals surface area contributed by atoms with E-state index in [1.165, 1.54) is 5.56 Å². The highest BCUT2D eigenvalue weighted by atomic mass is 35.5. The predicted octanol–water partition coefficient (Wildman–Crippen LogP) is 3.97. The Kier molecular flexibility index (Phi) is 5.16. The van der Waals surface area contributed by atoms with Crippen LogP contribution in [-0.4, -0.2) is 27.9 Å². The largest absolute Gasteiger partial charge is 0.416 e. The maximum absolute atomic E-state index is 13.2. The number of ether oxygens (including phenoxy) is 1. The summed E-state index contributed by atoms with van der Waals surface area (Å²) in [7, 11) is 0. The third-order valence-electron chi connectivity index (χ3n) is 5.80. The van der Waals surface area contributed by atoms with Crippen LogP contribution in [0.1, 0.15) is 29.3 Å². The lowest BCUT2D eigenvalue weighted by molar-refractivity contribution is 0.135. The molecular formula is C24H21Cl2N3O2. The third kappa shape index (κ3) is 3.80. The van der Waals surface area contributed by atoms with Gasteiger partial charge in [0.1, 0.15) is 11.8 Å². The molecule has 31 heavy (non-hydrogen) atoms. The molecule has 2 aromatic carbocycles. The second-order valence-corrected chi connectivity index (χ2v) is 8.80. The molecule has 1 amide bonds. The quantitative estimate of drug-likeness (QED) is 0.455. The Morgan fingerprint density at radius 2 is 1.87 bits per heavy atom. The van der Waals surface area contributed by atoms with E-state index in [4.69, 9.17) is 33.7 Å². The van der Waals surface area contributed by atoms with Crippen molar-refractivity contribution in [3.8, 4) is 5.75 Å². The van der Waals surface area contributed by atoms with E-state index in [1.807, 2.05) is 24.3 Å². The van der Waals surface area contributed by atoms with E-state index >= 15 is 0 Å². The Balaban J connectivity index is 1.57. The molecular weight excluding hydrogens is 433 g/mol. The standard InChI is InChI=1S/C24H21Cl2N3O2/c25-15-3-8-18(9-4-15)31-24(30)29-12-11-19-20-13-16(26)5-10-21(20)28-22(19)23(29)14-1-6-17(27)7-2-14/h1-4,6-10,13,16,23,28H,5,11-12,27H2. The molecule has 0 saturated carbocycles. The van der Waals surface area contributed by atoms with Crippen molar-refractivity contribution in [2.24, 2.45) is 0 Å². The molecule has 0 saturated heterocycles. The monoisotopic (exact) mass is 453 g/mol. The number of carbonyl (C=O) groups is 1. The van der Waals surface area contributed by atoms with Gasteiger partial charge in [0.25, 0.3) is 0 Å². The normalized spacial score (nSPS) is 19.6. The molecule has 1 aliphatic carbocycles. The van der Waals surface area contributed by atoms with E-state index in [1.54, 1.807) is 29.2 Å². The van der Waals surface area contributed by atoms with Crippen LogP contribution in [0.15, 0.2) is 48.5 Å². The van der Waals surface area contributed by atoms with Crippen LogP contribution in [-0.2, 0) is 6.42 Å². The number of benzene rings is 2. The van der Waals surface area contributed by atoms with Crippen molar-refractivity contribution in [1.29, 1.82) is 0 Å². The molecule has 2 atom stereocenters. The number of hydrogen-bond donors (Lipinski definition) is 2. The second kappa shape index (κ2) is 7.98. The number of H-pyrrole nitrogens is 1. The van der Waals surface area contributed by atoms with Crippen molar-refractivity contribution in [1.82, 2.24) is 9.88 Å². The summed E-state index contributed by atoms with van der Waals surface area (Å²) < 4.78 is 5.67. The van der Waals surface area contributed by atoms with Gasteiger partial charge in [-0.3, -0.25) is 4.90 Å². The smallest absolute Gasteiger partial charge is 0.410 e. The van der Waals surface area contributed by atoms with Crippen LogP contribution < -0.4 is 21.0 Å². The van der Waals surface area contributed by atoms with Gasteiger partial charge >= 0.3 is 6.09 Å². The van der Waals surface area contributed by atoms with Crippen LogP contribution >= 0.6 is 23.2 Å². The number of alkyl halides is 1. The lowest BCUT2D eigenvalue weighted by Crippen LogP contribution is -2.43. The highest BCUT2D eigenvalue weighted by Crippen LogP contribution is 2.34. The highest BCUT2D eigenvalue weighted by Gasteiger charge is 2.35. The summed E-state index contributed by atoms with van der Waals surface area (Å²) in [6.45, 7) is 0.527. The van der Waals surface area contributed by atoms with E-state index in [-0.39, 0.29) is 11.4 Å². The summed E-state index contributed by atoms with van der Waals surface area (Å²) in [6.07, 6.45) is 5.32. The molecule has 0 bridgehead atoms. The van der Waals surface area contributed by atoms with Crippen molar-refractivity contribution < 1.29 is 9.53 Å². The molecule has 1 aliphatic heterocycles. The zero-order valence-corrected chi connectivity index (χ0v) is 18.2. The van der Waals surface area contributed by atoms with Crippen molar-refractivity contribution in [2.75, 3.05) is 12.3 Å². The summed E-state index contributed by atoms with van der Waals surface area (Å²) in [6, 6.07) is 14.1. The molecule has 3 N–H and O–H groups in total. The van der Waals surface area contributed by atoms with E-state index in [2.05, 4.69) is 17.1 Å². The number of nitrogens with zero attached hydrogens (tertiary/aromatic N) is 1. The number of nitrogen functional groups attached to an aromatic ring is 1. The summed E-state index contributed by atoms with van der Waals surface area (Å²) in [5.74, 6) is 0.452. The van der Waals surface area contributed by atoms with Gasteiger partial charge in [0.2, 0.25) is 0 Å². The Morgan fingerprint density at radius 3 is 2.61 bits per heavy atom. The average Bonchev–Trinajstić information content (AvgIpc) is 3.13. The first-order valence-electron chi connectivity index (χ1n) is 10.2. The number of hydrogen-bond acceptors (Lipinski definition) is 3. The minimum atomic E-state index is -0.412. The Labute approximate surface area is 189 Å². The van der Waals surface area contributed by atoms with Gasteiger partial charge in [-0.2, -0.15) is 0 Å². The first-order chi connectivity index (χ1) is 15.0.